The quantitative estimate of drug-likeness (QED) is 0.774. The Morgan fingerprint density at radius 3 is 3.07 bits per heavy atom. The summed E-state index contributed by atoms with van der Waals surface area (Å²) in [5.41, 5.74) is 0.442. The van der Waals surface area contributed by atoms with Crippen LogP contribution >= 0.6 is 0 Å². The molecule has 2 rings (SSSR count). The smallest absolute Gasteiger partial charge is 0.120 e. The van der Waals surface area contributed by atoms with Gasteiger partial charge < -0.3 is 19.6 Å². The monoisotopic (exact) mass is 211 g/mol. The molecule has 2 N–H and O–H groups in total. The zero-order valence-corrected chi connectivity index (χ0v) is 8.95. The lowest BCUT2D eigenvalue weighted by atomic mass is 10.0. The average molecular weight is 211 g/mol. The van der Waals surface area contributed by atoms with E-state index >= 15 is 0 Å². The molecule has 1 aliphatic rings. The largest absolute Gasteiger partial charge is 0.468 e. The molecule has 2 heterocycles. The summed E-state index contributed by atoms with van der Waals surface area (Å²) < 4.78 is 10.4. The highest BCUT2D eigenvalue weighted by molar-refractivity contribution is 5.14. The SMILES string of the molecule is Cc1ccoc1CNCC1(O)CCOC1. The minimum Gasteiger partial charge on any atom is -0.468 e. The highest BCUT2D eigenvalue weighted by atomic mass is 16.5. The van der Waals surface area contributed by atoms with Crippen LogP contribution in [0.2, 0.25) is 0 Å². The predicted octanol–water partition coefficient (Wildman–Crippen LogP) is 0.829. The van der Waals surface area contributed by atoms with E-state index in [0.29, 0.717) is 32.7 Å². The third-order valence-corrected chi connectivity index (χ3v) is 2.79. The van der Waals surface area contributed by atoms with Crippen LogP contribution in [0.1, 0.15) is 17.7 Å². The molecule has 0 spiro atoms. The zero-order chi connectivity index (χ0) is 10.7. The summed E-state index contributed by atoms with van der Waals surface area (Å²) in [5, 5.41) is 13.2. The highest BCUT2D eigenvalue weighted by Crippen LogP contribution is 2.17. The highest BCUT2D eigenvalue weighted by Gasteiger charge is 2.31. The number of nitrogens with one attached hydrogen (secondary N) is 1. The molecule has 0 radical (unpaired) electrons. The summed E-state index contributed by atoms with van der Waals surface area (Å²) >= 11 is 0. The summed E-state index contributed by atoms with van der Waals surface area (Å²) in [4.78, 5) is 0. The maximum absolute atomic E-state index is 9.97. The van der Waals surface area contributed by atoms with Gasteiger partial charge in [0.15, 0.2) is 0 Å². The minimum absolute atomic E-state index is 0.428. The number of hydrogen-bond acceptors (Lipinski definition) is 4. The van der Waals surface area contributed by atoms with Gasteiger partial charge in [0.25, 0.3) is 0 Å². The van der Waals surface area contributed by atoms with E-state index in [4.69, 9.17) is 9.15 Å². The van der Waals surface area contributed by atoms with Crippen molar-refractivity contribution in [3.8, 4) is 0 Å². The van der Waals surface area contributed by atoms with Crippen LogP contribution in [0.25, 0.3) is 0 Å². The Morgan fingerprint density at radius 2 is 2.47 bits per heavy atom. The molecule has 0 aliphatic carbocycles. The molecule has 1 saturated heterocycles. The molecular formula is C11H17NO3. The minimum atomic E-state index is -0.694. The Hall–Kier alpha value is -0.840. The van der Waals surface area contributed by atoms with E-state index in [2.05, 4.69) is 5.32 Å². The fourth-order valence-corrected chi connectivity index (χ4v) is 1.73. The van der Waals surface area contributed by atoms with Crippen LogP contribution in [0.3, 0.4) is 0 Å². The van der Waals surface area contributed by atoms with E-state index in [9.17, 15) is 5.11 Å². The van der Waals surface area contributed by atoms with E-state index in [0.717, 1.165) is 11.3 Å². The molecule has 84 valence electrons. The number of hydrogen-bond donors (Lipinski definition) is 2. The lowest BCUT2D eigenvalue weighted by Gasteiger charge is -2.20. The molecule has 0 amide bonds. The molecule has 4 nitrogen and oxygen atoms in total. The molecule has 1 aliphatic heterocycles. The molecule has 4 heteroatoms. The summed E-state index contributed by atoms with van der Waals surface area (Å²) in [6.45, 7) is 4.29. The van der Waals surface area contributed by atoms with Gasteiger partial charge in [0, 0.05) is 19.6 Å². The van der Waals surface area contributed by atoms with Crippen molar-refractivity contribution in [1.29, 1.82) is 0 Å². The molecule has 15 heavy (non-hydrogen) atoms. The standard InChI is InChI=1S/C11H17NO3/c1-9-2-4-15-10(9)6-12-7-11(13)3-5-14-8-11/h2,4,12-13H,3,5-8H2,1H3. The van der Waals surface area contributed by atoms with E-state index in [-0.39, 0.29) is 0 Å². The van der Waals surface area contributed by atoms with Gasteiger partial charge in [-0.1, -0.05) is 0 Å². The molecule has 1 unspecified atom stereocenters. The van der Waals surface area contributed by atoms with Crippen molar-refractivity contribution in [1.82, 2.24) is 5.32 Å². The molecule has 0 saturated carbocycles. The van der Waals surface area contributed by atoms with Crippen LogP contribution in [0.5, 0.6) is 0 Å². The van der Waals surface area contributed by atoms with Gasteiger partial charge in [0.1, 0.15) is 11.4 Å². The topological polar surface area (TPSA) is 54.6 Å². The molecule has 0 bridgehead atoms. The van der Waals surface area contributed by atoms with Crippen LogP contribution in [-0.2, 0) is 11.3 Å². The van der Waals surface area contributed by atoms with Gasteiger partial charge in [0.05, 0.1) is 19.4 Å². The molecule has 0 aromatic carbocycles. The van der Waals surface area contributed by atoms with E-state index in [1.807, 2.05) is 13.0 Å². The van der Waals surface area contributed by atoms with Crippen LogP contribution < -0.4 is 5.32 Å². The lowest BCUT2D eigenvalue weighted by molar-refractivity contribution is 0.0265. The van der Waals surface area contributed by atoms with E-state index in [1.54, 1.807) is 6.26 Å². The molecule has 1 atom stereocenters. The third-order valence-electron chi connectivity index (χ3n) is 2.79. The number of aryl methyl sites for hydroxylation is 1. The van der Waals surface area contributed by atoms with Crippen LogP contribution in [0, 0.1) is 6.92 Å². The van der Waals surface area contributed by atoms with E-state index < -0.39 is 5.60 Å². The summed E-state index contributed by atoms with van der Waals surface area (Å²) in [5.74, 6) is 0.928. The fraction of sp³-hybridized carbons (Fsp3) is 0.636. The molecule has 1 aromatic rings. The molecule has 1 aromatic heterocycles. The predicted molar refractivity (Wildman–Crippen MR) is 55.5 cm³/mol. The molecular weight excluding hydrogens is 194 g/mol. The van der Waals surface area contributed by atoms with Gasteiger partial charge in [-0.2, -0.15) is 0 Å². The fourth-order valence-electron chi connectivity index (χ4n) is 1.73. The van der Waals surface area contributed by atoms with Crippen LogP contribution in [-0.4, -0.2) is 30.5 Å². The average Bonchev–Trinajstić information content (AvgIpc) is 2.78. The second kappa shape index (κ2) is 4.35. The van der Waals surface area contributed by atoms with Crippen molar-refractivity contribution in [3.63, 3.8) is 0 Å². The molecule has 1 fully saturated rings. The lowest BCUT2D eigenvalue weighted by Crippen LogP contribution is -2.40. The van der Waals surface area contributed by atoms with Crippen molar-refractivity contribution in [2.75, 3.05) is 19.8 Å². The first-order valence-corrected chi connectivity index (χ1v) is 5.23. The zero-order valence-electron chi connectivity index (χ0n) is 8.95. The Morgan fingerprint density at radius 1 is 1.60 bits per heavy atom. The first kappa shape index (κ1) is 10.7. The Balaban J connectivity index is 1.77. The van der Waals surface area contributed by atoms with Crippen molar-refractivity contribution in [3.05, 3.63) is 23.7 Å². The van der Waals surface area contributed by atoms with Crippen molar-refractivity contribution < 1.29 is 14.3 Å². The van der Waals surface area contributed by atoms with Crippen molar-refractivity contribution in [2.24, 2.45) is 0 Å². The van der Waals surface area contributed by atoms with Gasteiger partial charge in [-0.25, -0.2) is 0 Å². The normalized spacial score (nSPS) is 26.0. The first-order chi connectivity index (χ1) is 7.20. The van der Waals surface area contributed by atoms with Crippen LogP contribution in [0.4, 0.5) is 0 Å². The number of ether oxygens (including phenoxy) is 1. The third kappa shape index (κ3) is 2.59. The maximum Gasteiger partial charge on any atom is 0.120 e. The summed E-state index contributed by atoms with van der Waals surface area (Å²) in [6, 6.07) is 1.93. The van der Waals surface area contributed by atoms with Gasteiger partial charge in [-0.3, -0.25) is 0 Å². The summed E-state index contributed by atoms with van der Waals surface area (Å²) in [6.07, 6.45) is 2.39. The summed E-state index contributed by atoms with van der Waals surface area (Å²) in [7, 11) is 0. The Labute approximate surface area is 89.2 Å². The van der Waals surface area contributed by atoms with Gasteiger partial charge in [-0.15, -0.1) is 0 Å². The van der Waals surface area contributed by atoms with Crippen molar-refractivity contribution in [2.45, 2.75) is 25.5 Å². The van der Waals surface area contributed by atoms with Gasteiger partial charge >= 0.3 is 0 Å². The Kier molecular flexibility index (Phi) is 3.09. The Bertz CT molecular complexity index is 315. The van der Waals surface area contributed by atoms with E-state index in [1.165, 1.54) is 0 Å². The number of rotatable bonds is 4. The number of furan rings is 1. The van der Waals surface area contributed by atoms with Crippen molar-refractivity contribution >= 4 is 0 Å². The van der Waals surface area contributed by atoms with Gasteiger partial charge in [-0.05, 0) is 18.6 Å². The second-order valence-corrected chi connectivity index (χ2v) is 4.16. The maximum atomic E-state index is 9.97. The second-order valence-electron chi connectivity index (χ2n) is 4.16. The van der Waals surface area contributed by atoms with Crippen LogP contribution in [0.15, 0.2) is 16.7 Å². The van der Waals surface area contributed by atoms with Gasteiger partial charge in [0.2, 0.25) is 0 Å². The number of aliphatic hydroxyl groups is 1. The first-order valence-electron chi connectivity index (χ1n) is 5.23.